The molecule has 33 heavy (non-hydrogen) atoms. The molecule has 0 aliphatic rings. The van der Waals surface area contributed by atoms with Crippen LogP contribution in [0.15, 0.2) is 79.0 Å². The first-order valence-corrected chi connectivity index (χ1v) is 10.1. The number of carbonyl (C=O) groups excluding carboxylic acids is 2. The minimum atomic E-state index is -0.849. The van der Waals surface area contributed by atoms with E-state index in [2.05, 4.69) is 10.4 Å². The highest BCUT2D eigenvalue weighted by Crippen LogP contribution is 2.24. The number of ether oxygens (including phenoxy) is 1. The van der Waals surface area contributed by atoms with E-state index >= 15 is 0 Å². The van der Waals surface area contributed by atoms with Crippen LogP contribution >= 0.6 is 11.6 Å². The summed E-state index contributed by atoms with van der Waals surface area (Å²) in [5.74, 6) is -2.58. The van der Waals surface area contributed by atoms with Gasteiger partial charge in [0.25, 0.3) is 5.91 Å². The van der Waals surface area contributed by atoms with Crippen molar-refractivity contribution in [2.24, 2.45) is 0 Å². The van der Waals surface area contributed by atoms with Crippen LogP contribution in [-0.2, 0) is 6.73 Å². The molecule has 0 aliphatic carbocycles. The number of benzene rings is 3. The monoisotopic (exact) mass is 467 g/mol. The first-order valence-electron chi connectivity index (χ1n) is 9.72. The van der Waals surface area contributed by atoms with E-state index < -0.39 is 17.5 Å². The summed E-state index contributed by atoms with van der Waals surface area (Å²) in [7, 11) is 0. The SMILES string of the molecule is O=C(Nc1ccc(Cl)cc1C(=O)c1ccccc1)c1ccn(COc2ccc(F)cc2F)n1. The van der Waals surface area contributed by atoms with Gasteiger partial charge in [0, 0.05) is 28.4 Å². The highest BCUT2D eigenvalue weighted by atomic mass is 35.5. The first-order chi connectivity index (χ1) is 15.9. The molecule has 4 aromatic rings. The average molecular weight is 468 g/mol. The Labute approximate surface area is 192 Å². The van der Waals surface area contributed by atoms with Crippen LogP contribution in [0.1, 0.15) is 26.4 Å². The molecule has 0 saturated heterocycles. The van der Waals surface area contributed by atoms with Gasteiger partial charge in [0.2, 0.25) is 0 Å². The van der Waals surface area contributed by atoms with Gasteiger partial charge in [-0.15, -0.1) is 0 Å². The molecule has 4 rings (SSSR count). The van der Waals surface area contributed by atoms with E-state index in [0.717, 1.165) is 12.1 Å². The third kappa shape index (κ3) is 5.24. The maximum atomic E-state index is 13.7. The van der Waals surface area contributed by atoms with E-state index in [9.17, 15) is 18.4 Å². The standard InChI is InChI=1S/C24H16ClF2N3O3/c25-16-6-8-20(18(12-16)23(31)15-4-2-1-3-5-15)28-24(32)21-10-11-30(29-21)14-33-22-9-7-17(26)13-19(22)27/h1-13H,14H2,(H,28,32). The molecule has 0 saturated carbocycles. The molecule has 1 aromatic heterocycles. The Hall–Kier alpha value is -4.04. The molecule has 1 heterocycles. The maximum absolute atomic E-state index is 13.7. The second kappa shape index (κ2) is 9.62. The third-order valence-corrected chi connectivity index (χ3v) is 4.87. The quantitative estimate of drug-likeness (QED) is 0.373. The topological polar surface area (TPSA) is 73.2 Å². The normalized spacial score (nSPS) is 10.6. The number of anilines is 1. The number of rotatable bonds is 7. The lowest BCUT2D eigenvalue weighted by molar-refractivity contribution is 0.102. The van der Waals surface area contributed by atoms with Crippen LogP contribution in [0.3, 0.4) is 0 Å². The van der Waals surface area contributed by atoms with Crippen LogP contribution in [0.5, 0.6) is 5.75 Å². The van der Waals surface area contributed by atoms with Crippen molar-refractivity contribution in [3.8, 4) is 5.75 Å². The summed E-state index contributed by atoms with van der Waals surface area (Å²) in [6.07, 6.45) is 1.47. The number of carbonyl (C=O) groups is 2. The van der Waals surface area contributed by atoms with Crippen molar-refractivity contribution in [3.63, 3.8) is 0 Å². The molecule has 3 aromatic carbocycles. The Morgan fingerprint density at radius 1 is 1.00 bits per heavy atom. The van der Waals surface area contributed by atoms with Gasteiger partial charge in [-0.1, -0.05) is 41.9 Å². The molecule has 0 spiro atoms. The number of hydrogen-bond donors (Lipinski definition) is 1. The minimum absolute atomic E-state index is 0.0474. The summed E-state index contributed by atoms with van der Waals surface area (Å²) in [5, 5.41) is 7.11. The van der Waals surface area contributed by atoms with E-state index in [1.165, 1.54) is 29.1 Å². The predicted octanol–water partition coefficient (Wildman–Crippen LogP) is 5.33. The molecule has 1 N–H and O–H groups in total. The highest BCUT2D eigenvalue weighted by Gasteiger charge is 2.18. The van der Waals surface area contributed by atoms with Gasteiger partial charge in [0.05, 0.1) is 5.69 Å². The van der Waals surface area contributed by atoms with Crippen molar-refractivity contribution >= 4 is 29.0 Å². The van der Waals surface area contributed by atoms with E-state index in [0.29, 0.717) is 16.7 Å². The zero-order valence-electron chi connectivity index (χ0n) is 17.0. The van der Waals surface area contributed by atoms with E-state index in [1.807, 2.05) is 0 Å². The summed E-state index contributed by atoms with van der Waals surface area (Å²) < 4.78 is 33.2. The molecule has 0 radical (unpaired) electrons. The van der Waals surface area contributed by atoms with Gasteiger partial charge in [-0.05, 0) is 36.4 Å². The van der Waals surface area contributed by atoms with Gasteiger partial charge in [0.1, 0.15) is 5.82 Å². The number of ketones is 1. The fourth-order valence-corrected chi connectivity index (χ4v) is 3.20. The molecule has 0 bridgehead atoms. The molecule has 1 amide bonds. The van der Waals surface area contributed by atoms with Crippen molar-refractivity contribution in [2.45, 2.75) is 6.73 Å². The van der Waals surface area contributed by atoms with Crippen molar-refractivity contribution in [1.82, 2.24) is 9.78 Å². The lowest BCUT2D eigenvalue weighted by atomic mass is 10.0. The Morgan fingerprint density at radius 2 is 1.79 bits per heavy atom. The van der Waals surface area contributed by atoms with Crippen LogP contribution in [0.2, 0.25) is 5.02 Å². The smallest absolute Gasteiger partial charge is 0.276 e. The number of nitrogens with zero attached hydrogens (tertiary/aromatic N) is 2. The summed E-state index contributed by atoms with van der Waals surface area (Å²) in [5.41, 5.74) is 1.00. The Kier molecular flexibility index (Phi) is 6.46. The molecule has 0 atom stereocenters. The van der Waals surface area contributed by atoms with E-state index in [1.54, 1.807) is 36.4 Å². The fraction of sp³-hybridized carbons (Fsp3) is 0.0417. The van der Waals surface area contributed by atoms with Crippen LogP contribution < -0.4 is 10.1 Å². The largest absolute Gasteiger partial charge is 0.468 e. The molecule has 0 fully saturated rings. The number of aromatic nitrogens is 2. The van der Waals surface area contributed by atoms with Crippen molar-refractivity contribution in [3.05, 3.63) is 112 Å². The van der Waals surface area contributed by atoms with Gasteiger partial charge in [-0.25, -0.2) is 13.5 Å². The Balaban J connectivity index is 1.48. The zero-order chi connectivity index (χ0) is 23.4. The lowest BCUT2D eigenvalue weighted by Crippen LogP contribution is -2.17. The second-order valence-corrected chi connectivity index (χ2v) is 7.36. The maximum Gasteiger partial charge on any atom is 0.276 e. The molecular formula is C24H16ClF2N3O3. The number of hydrogen-bond acceptors (Lipinski definition) is 4. The van der Waals surface area contributed by atoms with E-state index in [-0.39, 0.29) is 35.2 Å². The zero-order valence-corrected chi connectivity index (χ0v) is 17.7. The Bertz CT molecular complexity index is 1330. The van der Waals surface area contributed by atoms with Crippen molar-refractivity contribution in [2.75, 3.05) is 5.32 Å². The molecule has 9 heteroatoms. The van der Waals surface area contributed by atoms with Crippen molar-refractivity contribution < 1.29 is 23.1 Å². The number of halogens is 3. The van der Waals surface area contributed by atoms with Crippen LogP contribution in [-0.4, -0.2) is 21.5 Å². The van der Waals surface area contributed by atoms with Gasteiger partial charge < -0.3 is 10.1 Å². The molecular weight excluding hydrogens is 452 g/mol. The fourth-order valence-electron chi connectivity index (χ4n) is 3.03. The number of nitrogens with one attached hydrogen (secondary N) is 1. The number of amides is 1. The lowest BCUT2D eigenvalue weighted by Gasteiger charge is -2.10. The highest BCUT2D eigenvalue weighted by molar-refractivity contribution is 6.31. The Morgan fingerprint density at radius 3 is 2.55 bits per heavy atom. The molecule has 166 valence electrons. The summed E-state index contributed by atoms with van der Waals surface area (Å²) in [4.78, 5) is 25.6. The molecule has 0 aliphatic heterocycles. The summed E-state index contributed by atoms with van der Waals surface area (Å²) in [6, 6.07) is 17.6. The van der Waals surface area contributed by atoms with Gasteiger partial charge in [0.15, 0.2) is 29.8 Å². The third-order valence-electron chi connectivity index (χ3n) is 4.63. The van der Waals surface area contributed by atoms with E-state index in [4.69, 9.17) is 16.3 Å². The molecule has 0 unspecified atom stereocenters. The second-order valence-electron chi connectivity index (χ2n) is 6.93. The molecule has 6 nitrogen and oxygen atoms in total. The summed E-state index contributed by atoms with van der Waals surface area (Å²) >= 11 is 6.07. The van der Waals surface area contributed by atoms with Crippen molar-refractivity contribution in [1.29, 1.82) is 0 Å². The van der Waals surface area contributed by atoms with Gasteiger partial charge in [-0.2, -0.15) is 5.10 Å². The van der Waals surface area contributed by atoms with Gasteiger partial charge in [-0.3, -0.25) is 9.59 Å². The van der Waals surface area contributed by atoms with Crippen LogP contribution in [0, 0.1) is 11.6 Å². The first kappa shape index (κ1) is 22.2. The van der Waals surface area contributed by atoms with Gasteiger partial charge >= 0.3 is 0 Å². The summed E-state index contributed by atoms with van der Waals surface area (Å²) in [6.45, 7) is -0.200. The predicted molar refractivity (Wildman–Crippen MR) is 118 cm³/mol. The van der Waals surface area contributed by atoms with Crippen LogP contribution in [0.25, 0.3) is 0 Å². The minimum Gasteiger partial charge on any atom is -0.468 e. The average Bonchev–Trinajstić information content (AvgIpc) is 3.29. The van der Waals surface area contributed by atoms with Crippen LogP contribution in [0.4, 0.5) is 14.5 Å².